The van der Waals surface area contributed by atoms with Crippen LogP contribution in [0.1, 0.15) is 32.1 Å². The van der Waals surface area contributed by atoms with E-state index in [2.05, 4.69) is 16.8 Å². The first-order valence-electron chi connectivity index (χ1n) is 6.42. The van der Waals surface area contributed by atoms with Crippen LogP contribution in [0.15, 0.2) is 6.20 Å². The molecule has 0 spiro atoms. The predicted octanol–water partition coefficient (Wildman–Crippen LogP) is 1.38. The highest BCUT2D eigenvalue weighted by Crippen LogP contribution is 2.41. The molecule has 1 aliphatic heterocycles. The maximum absolute atomic E-state index is 12.5. The van der Waals surface area contributed by atoms with E-state index in [1.165, 1.54) is 16.2 Å². The van der Waals surface area contributed by atoms with E-state index in [4.69, 9.17) is 5.73 Å². The van der Waals surface area contributed by atoms with Crippen LogP contribution in [0.25, 0.3) is 0 Å². The van der Waals surface area contributed by atoms with Gasteiger partial charge < -0.3 is 5.73 Å². The number of hydrogen-bond acceptors (Lipinski definition) is 5. The van der Waals surface area contributed by atoms with Gasteiger partial charge >= 0.3 is 0 Å². The number of hydrogen-bond donors (Lipinski definition) is 1. The summed E-state index contributed by atoms with van der Waals surface area (Å²) < 4.78 is 0. The zero-order chi connectivity index (χ0) is 14.9. The summed E-state index contributed by atoms with van der Waals surface area (Å²) in [6, 6.07) is 0. The number of rotatable bonds is 2. The molecule has 0 aliphatic carbocycles. The van der Waals surface area contributed by atoms with Crippen LogP contribution in [0.2, 0.25) is 0 Å². The Hall–Kier alpha value is -1.71. The molecule has 2 amide bonds. The predicted molar refractivity (Wildman–Crippen MR) is 78.1 cm³/mol. The molecule has 2 heterocycles. The van der Waals surface area contributed by atoms with Crippen molar-refractivity contribution in [2.45, 2.75) is 27.2 Å². The zero-order valence-corrected chi connectivity index (χ0v) is 12.6. The standard InChI is InChI=1S/C14H17N3O2S/c1-9(2)14(3)7-11(18)17(12(14)19)13-16-8-10(20-13)5-4-6-15/h8-9H,6-7,15H2,1-3H3. The molecule has 1 aromatic rings. The SMILES string of the molecule is CC(C)C1(C)CC(=O)N(c2ncc(C#CCN)s2)C1=O. The Bertz CT molecular complexity index is 611. The van der Waals surface area contributed by atoms with Gasteiger partial charge in [-0.05, 0) is 12.8 Å². The second-order valence-electron chi connectivity index (χ2n) is 5.30. The van der Waals surface area contributed by atoms with Gasteiger partial charge in [0.1, 0.15) is 0 Å². The lowest BCUT2D eigenvalue weighted by Crippen LogP contribution is -2.36. The summed E-state index contributed by atoms with van der Waals surface area (Å²) in [6.07, 6.45) is 1.79. The van der Waals surface area contributed by atoms with E-state index < -0.39 is 5.41 Å². The summed E-state index contributed by atoms with van der Waals surface area (Å²) in [7, 11) is 0. The van der Waals surface area contributed by atoms with Crippen molar-refractivity contribution in [1.82, 2.24) is 4.98 Å². The van der Waals surface area contributed by atoms with Gasteiger partial charge in [-0.2, -0.15) is 0 Å². The maximum Gasteiger partial charge on any atom is 0.242 e. The Labute approximate surface area is 122 Å². The molecule has 6 heteroatoms. The Balaban J connectivity index is 2.32. The van der Waals surface area contributed by atoms with Gasteiger partial charge in [0, 0.05) is 6.42 Å². The summed E-state index contributed by atoms with van der Waals surface area (Å²) in [5.41, 5.74) is 4.66. The molecular weight excluding hydrogens is 274 g/mol. The molecule has 1 aromatic heterocycles. The molecule has 0 radical (unpaired) electrons. The van der Waals surface area contributed by atoms with Crippen LogP contribution in [0.3, 0.4) is 0 Å². The fraction of sp³-hybridized carbons (Fsp3) is 0.500. The third kappa shape index (κ3) is 2.35. The minimum atomic E-state index is -0.647. The molecule has 1 saturated heterocycles. The van der Waals surface area contributed by atoms with Gasteiger partial charge in [-0.15, -0.1) is 0 Å². The van der Waals surface area contributed by atoms with Gasteiger partial charge in [-0.3, -0.25) is 9.59 Å². The number of carbonyl (C=O) groups is 2. The quantitative estimate of drug-likeness (QED) is 0.659. The summed E-state index contributed by atoms with van der Waals surface area (Å²) in [5.74, 6) is 5.30. The normalized spacial score (nSPS) is 22.4. The number of amides is 2. The lowest BCUT2D eigenvalue weighted by Gasteiger charge is -2.25. The van der Waals surface area contributed by atoms with E-state index in [0.717, 1.165) is 0 Å². The largest absolute Gasteiger partial charge is 0.320 e. The van der Waals surface area contributed by atoms with Crippen LogP contribution in [0.5, 0.6) is 0 Å². The molecule has 5 nitrogen and oxygen atoms in total. The summed E-state index contributed by atoms with van der Waals surface area (Å²) >= 11 is 1.23. The lowest BCUT2D eigenvalue weighted by molar-refractivity contribution is -0.126. The van der Waals surface area contributed by atoms with Crippen molar-refractivity contribution in [1.29, 1.82) is 0 Å². The first-order valence-corrected chi connectivity index (χ1v) is 7.24. The molecule has 1 aliphatic rings. The Morgan fingerprint density at radius 1 is 1.55 bits per heavy atom. The van der Waals surface area contributed by atoms with Crippen molar-refractivity contribution in [2.75, 3.05) is 11.4 Å². The number of imide groups is 1. The van der Waals surface area contributed by atoms with E-state index >= 15 is 0 Å². The van der Waals surface area contributed by atoms with Crippen molar-refractivity contribution in [3.8, 4) is 11.8 Å². The monoisotopic (exact) mass is 291 g/mol. The zero-order valence-electron chi connectivity index (χ0n) is 11.8. The molecule has 1 unspecified atom stereocenters. The van der Waals surface area contributed by atoms with Gasteiger partial charge in [0.15, 0.2) is 5.13 Å². The van der Waals surface area contributed by atoms with Crippen LogP contribution < -0.4 is 10.6 Å². The van der Waals surface area contributed by atoms with E-state index in [9.17, 15) is 9.59 Å². The first-order chi connectivity index (χ1) is 9.40. The minimum Gasteiger partial charge on any atom is -0.320 e. The molecule has 0 bridgehead atoms. The number of carbonyl (C=O) groups excluding carboxylic acids is 2. The van der Waals surface area contributed by atoms with Gasteiger partial charge in [0.25, 0.3) is 0 Å². The number of nitrogens with zero attached hydrogens (tertiary/aromatic N) is 2. The summed E-state index contributed by atoms with van der Waals surface area (Å²) in [4.78, 5) is 30.7. The number of aromatic nitrogens is 1. The van der Waals surface area contributed by atoms with Gasteiger partial charge in [0.2, 0.25) is 11.8 Å². The molecule has 0 aromatic carbocycles. The van der Waals surface area contributed by atoms with Crippen molar-refractivity contribution in [3.05, 3.63) is 11.1 Å². The maximum atomic E-state index is 12.5. The third-order valence-electron chi connectivity index (χ3n) is 3.73. The second-order valence-corrected chi connectivity index (χ2v) is 6.31. The molecule has 2 N–H and O–H groups in total. The van der Waals surface area contributed by atoms with Gasteiger partial charge in [-0.25, -0.2) is 9.88 Å². The molecule has 0 saturated carbocycles. The van der Waals surface area contributed by atoms with Crippen molar-refractivity contribution in [2.24, 2.45) is 17.1 Å². The van der Waals surface area contributed by atoms with Crippen LogP contribution in [0.4, 0.5) is 5.13 Å². The topological polar surface area (TPSA) is 76.3 Å². The minimum absolute atomic E-state index is 0.0976. The van der Waals surface area contributed by atoms with Crippen LogP contribution in [-0.4, -0.2) is 23.3 Å². The molecular formula is C14H17N3O2S. The number of thiazole rings is 1. The molecule has 1 atom stereocenters. The Morgan fingerprint density at radius 3 is 2.80 bits per heavy atom. The highest BCUT2D eigenvalue weighted by Gasteiger charge is 2.51. The average molecular weight is 291 g/mol. The van der Waals surface area contributed by atoms with Crippen LogP contribution in [-0.2, 0) is 9.59 Å². The van der Waals surface area contributed by atoms with E-state index in [1.807, 2.05) is 20.8 Å². The fourth-order valence-corrected chi connectivity index (χ4v) is 2.85. The van der Waals surface area contributed by atoms with E-state index in [0.29, 0.717) is 10.0 Å². The molecule has 106 valence electrons. The lowest BCUT2D eigenvalue weighted by atomic mass is 9.78. The highest BCUT2D eigenvalue weighted by atomic mass is 32.1. The van der Waals surface area contributed by atoms with Crippen molar-refractivity contribution < 1.29 is 9.59 Å². The molecule has 1 fully saturated rings. The van der Waals surface area contributed by atoms with E-state index in [1.54, 1.807) is 6.20 Å². The summed E-state index contributed by atoms with van der Waals surface area (Å²) in [6.45, 7) is 6.00. The first kappa shape index (κ1) is 14.7. The Morgan fingerprint density at radius 2 is 2.25 bits per heavy atom. The Kier molecular flexibility index (Phi) is 3.93. The van der Waals surface area contributed by atoms with Gasteiger partial charge in [-0.1, -0.05) is 37.0 Å². The van der Waals surface area contributed by atoms with Crippen molar-refractivity contribution >= 4 is 28.3 Å². The fourth-order valence-electron chi connectivity index (χ4n) is 2.05. The third-order valence-corrected chi connectivity index (χ3v) is 4.63. The molecule has 20 heavy (non-hydrogen) atoms. The van der Waals surface area contributed by atoms with E-state index in [-0.39, 0.29) is 30.7 Å². The number of nitrogens with two attached hydrogens (primary N) is 1. The second kappa shape index (κ2) is 5.35. The van der Waals surface area contributed by atoms with Crippen molar-refractivity contribution in [3.63, 3.8) is 0 Å². The summed E-state index contributed by atoms with van der Waals surface area (Å²) in [5, 5.41) is 0.394. The van der Waals surface area contributed by atoms with Crippen LogP contribution >= 0.6 is 11.3 Å². The van der Waals surface area contributed by atoms with Gasteiger partial charge in [0.05, 0.1) is 23.0 Å². The number of anilines is 1. The molecule has 2 rings (SSSR count). The van der Waals surface area contributed by atoms with Crippen LogP contribution in [0, 0.1) is 23.2 Å². The smallest absolute Gasteiger partial charge is 0.242 e. The highest BCUT2D eigenvalue weighted by molar-refractivity contribution is 7.16. The average Bonchev–Trinajstić information content (AvgIpc) is 2.92.